The molecule has 0 aliphatic carbocycles. The molecular weight excluding hydrogens is 329 g/mol. The molecule has 3 N–H and O–H groups in total. The standard InChI is InChI=1S/C14H13Cl2N3OS/c1-8-2-3-9(15)14(13(8)16)19-12(20)7-21-11-4-5-18-6-10(11)17/h2-6H,7,17H2,1H3,(H,19,20). The molecule has 0 bridgehead atoms. The summed E-state index contributed by atoms with van der Waals surface area (Å²) in [6.45, 7) is 1.85. The number of nitrogens with one attached hydrogen (secondary N) is 1. The molecule has 1 heterocycles. The summed E-state index contributed by atoms with van der Waals surface area (Å²) in [5.74, 6) is 0.0000507. The molecule has 0 aliphatic heterocycles. The number of halogens is 2. The van der Waals surface area contributed by atoms with Gasteiger partial charge in [-0.3, -0.25) is 9.78 Å². The molecule has 1 aromatic carbocycles. The minimum absolute atomic E-state index is 0.203. The Balaban J connectivity index is 2.03. The van der Waals surface area contributed by atoms with E-state index >= 15 is 0 Å². The molecule has 2 rings (SSSR count). The van der Waals surface area contributed by atoms with Gasteiger partial charge in [-0.05, 0) is 24.6 Å². The minimum Gasteiger partial charge on any atom is -0.397 e. The Bertz CT molecular complexity index is 679. The fourth-order valence-corrected chi connectivity index (χ4v) is 2.82. The highest BCUT2D eigenvalue weighted by molar-refractivity contribution is 8.00. The first-order chi connectivity index (χ1) is 9.99. The molecule has 0 fully saturated rings. The number of carbonyl (C=O) groups excluding carboxylic acids is 1. The van der Waals surface area contributed by atoms with Crippen LogP contribution in [0.3, 0.4) is 0 Å². The number of aromatic nitrogens is 1. The maximum Gasteiger partial charge on any atom is 0.234 e. The molecule has 0 unspecified atom stereocenters. The van der Waals surface area contributed by atoms with Crippen molar-refractivity contribution in [2.75, 3.05) is 16.8 Å². The van der Waals surface area contributed by atoms with E-state index in [1.165, 1.54) is 11.8 Å². The van der Waals surface area contributed by atoms with Crippen LogP contribution in [-0.2, 0) is 4.79 Å². The van der Waals surface area contributed by atoms with Crippen LogP contribution in [0.1, 0.15) is 5.56 Å². The summed E-state index contributed by atoms with van der Waals surface area (Å²) in [7, 11) is 0. The number of amides is 1. The topological polar surface area (TPSA) is 68.0 Å². The second-order valence-corrected chi connectivity index (χ2v) is 6.11. The number of hydrogen-bond acceptors (Lipinski definition) is 4. The second kappa shape index (κ2) is 7.02. The summed E-state index contributed by atoms with van der Waals surface area (Å²) >= 11 is 13.5. The quantitative estimate of drug-likeness (QED) is 0.824. The lowest BCUT2D eigenvalue weighted by atomic mass is 10.2. The first-order valence-electron chi connectivity index (χ1n) is 6.05. The predicted octanol–water partition coefficient (Wildman–Crippen LogP) is 4.01. The lowest BCUT2D eigenvalue weighted by Crippen LogP contribution is -2.15. The molecule has 0 saturated carbocycles. The van der Waals surface area contributed by atoms with Crippen molar-refractivity contribution < 1.29 is 4.79 Å². The number of aryl methyl sites for hydroxylation is 1. The SMILES string of the molecule is Cc1ccc(Cl)c(NC(=O)CSc2ccncc2N)c1Cl. The Morgan fingerprint density at radius 2 is 2.14 bits per heavy atom. The zero-order valence-corrected chi connectivity index (χ0v) is 13.5. The Labute approximate surface area is 137 Å². The van der Waals surface area contributed by atoms with Gasteiger partial charge in [0.1, 0.15) is 0 Å². The van der Waals surface area contributed by atoms with Crippen LogP contribution >= 0.6 is 35.0 Å². The zero-order chi connectivity index (χ0) is 15.4. The number of nitrogens with zero attached hydrogens (tertiary/aromatic N) is 1. The number of carbonyl (C=O) groups is 1. The molecule has 4 nitrogen and oxygen atoms in total. The number of thioether (sulfide) groups is 1. The Morgan fingerprint density at radius 1 is 1.38 bits per heavy atom. The lowest BCUT2D eigenvalue weighted by molar-refractivity contribution is -0.113. The molecule has 0 atom stereocenters. The lowest BCUT2D eigenvalue weighted by Gasteiger charge is -2.11. The normalized spacial score (nSPS) is 10.4. The van der Waals surface area contributed by atoms with E-state index in [0.29, 0.717) is 21.4 Å². The van der Waals surface area contributed by atoms with E-state index in [4.69, 9.17) is 28.9 Å². The van der Waals surface area contributed by atoms with Crippen LogP contribution in [0.25, 0.3) is 0 Å². The van der Waals surface area contributed by atoms with Gasteiger partial charge in [-0.1, -0.05) is 29.3 Å². The number of hydrogen-bond donors (Lipinski definition) is 2. The van der Waals surface area contributed by atoms with Gasteiger partial charge in [0.2, 0.25) is 5.91 Å². The average Bonchev–Trinajstić information content (AvgIpc) is 2.47. The van der Waals surface area contributed by atoms with Crippen molar-refractivity contribution in [2.24, 2.45) is 0 Å². The minimum atomic E-state index is -0.203. The van der Waals surface area contributed by atoms with Crippen LogP contribution in [0.15, 0.2) is 35.5 Å². The first-order valence-corrected chi connectivity index (χ1v) is 7.80. The van der Waals surface area contributed by atoms with Crippen molar-refractivity contribution in [3.63, 3.8) is 0 Å². The fourth-order valence-electron chi connectivity index (χ4n) is 1.62. The van der Waals surface area contributed by atoms with Crippen molar-refractivity contribution in [3.8, 4) is 0 Å². The molecular formula is C14H13Cl2N3OS. The maximum atomic E-state index is 12.0. The van der Waals surface area contributed by atoms with Gasteiger partial charge in [0.05, 0.1) is 33.4 Å². The van der Waals surface area contributed by atoms with Gasteiger partial charge >= 0.3 is 0 Å². The summed E-state index contributed by atoms with van der Waals surface area (Å²) in [5.41, 5.74) is 7.60. The van der Waals surface area contributed by atoms with E-state index in [1.807, 2.05) is 6.92 Å². The van der Waals surface area contributed by atoms with Gasteiger partial charge in [-0.2, -0.15) is 0 Å². The molecule has 0 spiro atoms. The van der Waals surface area contributed by atoms with Crippen molar-refractivity contribution in [2.45, 2.75) is 11.8 Å². The Hall–Kier alpha value is -1.43. The van der Waals surface area contributed by atoms with E-state index < -0.39 is 0 Å². The molecule has 2 aromatic rings. The van der Waals surface area contributed by atoms with Crippen LogP contribution in [0, 0.1) is 6.92 Å². The number of pyridine rings is 1. The summed E-state index contributed by atoms with van der Waals surface area (Å²) in [5, 5.41) is 3.59. The Morgan fingerprint density at radius 3 is 2.86 bits per heavy atom. The van der Waals surface area contributed by atoms with Crippen molar-refractivity contribution in [1.82, 2.24) is 4.98 Å². The summed E-state index contributed by atoms with van der Waals surface area (Å²) < 4.78 is 0. The molecule has 0 aliphatic rings. The van der Waals surface area contributed by atoms with Crippen molar-refractivity contribution in [1.29, 1.82) is 0 Å². The number of nitrogens with two attached hydrogens (primary N) is 1. The summed E-state index contributed by atoms with van der Waals surface area (Å²) in [4.78, 5) is 16.7. The van der Waals surface area contributed by atoms with Crippen LogP contribution in [0.2, 0.25) is 10.0 Å². The largest absolute Gasteiger partial charge is 0.397 e. The smallest absolute Gasteiger partial charge is 0.234 e. The number of rotatable bonds is 4. The van der Waals surface area contributed by atoms with Crippen molar-refractivity contribution in [3.05, 3.63) is 46.2 Å². The van der Waals surface area contributed by atoms with E-state index in [9.17, 15) is 4.79 Å². The molecule has 7 heteroatoms. The average molecular weight is 342 g/mol. The molecule has 1 amide bonds. The van der Waals surface area contributed by atoms with E-state index in [1.54, 1.807) is 30.6 Å². The van der Waals surface area contributed by atoms with E-state index in [0.717, 1.165) is 10.5 Å². The van der Waals surface area contributed by atoms with Gasteiger partial charge in [0, 0.05) is 11.1 Å². The van der Waals surface area contributed by atoms with Crippen LogP contribution in [0.4, 0.5) is 11.4 Å². The second-order valence-electron chi connectivity index (χ2n) is 4.30. The Kier molecular flexibility index (Phi) is 5.33. The van der Waals surface area contributed by atoms with Gasteiger partial charge < -0.3 is 11.1 Å². The number of benzene rings is 1. The summed E-state index contributed by atoms with van der Waals surface area (Å²) in [6.07, 6.45) is 3.18. The van der Waals surface area contributed by atoms with Crippen LogP contribution in [0.5, 0.6) is 0 Å². The van der Waals surface area contributed by atoms with E-state index in [2.05, 4.69) is 10.3 Å². The highest BCUT2D eigenvalue weighted by Gasteiger charge is 2.12. The van der Waals surface area contributed by atoms with Crippen molar-refractivity contribution >= 4 is 52.2 Å². The number of anilines is 2. The van der Waals surface area contributed by atoms with E-state index in [-0.39, 0.29) is 11.7 Å². The third-order valence-corrected chi connectivity index (χ3v) is 4.61. The van der Waals surface area contributed by atoms with Gasteiger partial charge in [0.25, 0.3) is 0 Å². The van der Waals surface area contributed by atoms with Crippen LogP contribution < -0.4 is 11.1 Å². The third-order valence-electron chi connectivity index (χ3n) is 2.72. The third kappa shape index (κ3) is 4.03. The zero-order valence-electron chi connectivity index (χ0n) is 11.2. The highest BCUT2D eigenvalue weighted by Crippen LogP contribution is 2.33. The van der Waals surface area contributed by atoms with Gasteiger partial charge in [0.15, 0.2) is 0 Å². The number of nitrogen functional groups attached to an aromatic ring is 1. The summed E-state index contributed by atoms with van der Waals surface area (Å²) in [6, 6.07) is 5.26. The monoisotopic (exact) mass is 341 g/mol. The van der Waals surface area contributed by atoms with Gasteiger partial charge in [-0.25, -0.2) is 0 Å². The predicted molar refractivity (Wildman–Crippen MR) is 89.2 cm³/mol. The van der Waals surface area contributed by atoms with Crippen LogP contribution in [-0.4, -0.2) is 16.6 Å². The molecule has 0 saturated heterocycles. The van der Waals surface area contributed by atoms with Gasteiger partial charge in [-0.15, -0.1) is 11.8 Å². The molecule has 21 heavy (non-hydrogen) atoms. The fraction of sp³-hybridized carbons (Fsp3) is 0.143. The molecule has 0 radical (unpaired) electrons. The molecule has 1 aromatic heterocycles. The highest BCUT2D eigenvalue weighted by atomic mass is 35.5. The first kappa shape index (κ1) is 15.9. The molecule has 110 valence electrons. The maximum absolute atomic E-state index is 12.0.